The highest BCUT2D eigenvalue weighted by atomic mass is 35.5. The first-order valence-electron chi connectivity index (χ1n) is 19.7. The number of carbonyl (C=O) groups is 7. The molecule has 1 aromatic carbocycles. The van der Waals surface area contributed by atoms with E-state index in [1.807, 2.05) is 19.2 Å². The number of Topliss-reactive ketones (excluding diaryl/α,β-unsaturated/α-hetero) is 1. The Bertz CT molecular complexity index is 1940. The molecule has 0 aliphatic heterocycles. The van der Waals surface area contributed by atoms with Gasteiger partial charge in [-0.3, -0.25) is 38.5 Å². The Morgan fingerprint density at radius 1 is 0.850 bits per heavy atom. The number of amides is 6. The molecule has 0 saturated heterocycles. The lowest BCUT2D eigenvalue weighted by Gasteiger charge is -2.31. The summed E-state index contributed by atoms with van der Waals surface area (Å²) in [5, 5.41) is 12.1. The zero-order chi connectivity index (χ0) is 44.6. The van der Waals surface area contributed by atoms with E-state index in [0.717, 1.165) is 31.4 Å². The lowest BCUT2D eigenvalue weighted by atomic mass is 9.84. The van der Waals surface area contributed by atoms with Gasteiger partial charge in [0.1, 0.15) is 29.9 Å². The van der Waals surface area contributed by atoms with Crippen LogP contribution in [0.2, 0.25) is 5.02 Å². The van der Waals surface area contributed by atoms with Crippen LogP contribution in [0.4, 0.5) is 8.78 Å². The Kier molecular flexibility index (Phi) is 19.4. The lowest BCUT2D eigenvalue weighted by molar-refractivity contribution is -0.141. The van der Waals surface area contributed by atoms with E-state index in [0.29, 0.717) is 19.3 Å². The summed E-state index contributed by atoms with van der Waals surface area (Å²) in [6.45, 7) is 6.10. The van der Waals surface area contributed by atoms with Gasteiger partial charge in [0, 0.05) is 23.8 Å². The summed E-state index contributed by atoms with van der Waals surface area (Å²) in [5.74, 6) is -8.21. The first-order chi connectivity index (χ1) is 28.3. The number of hydrogen-bond donors (Lipinski definition) is 6. The van der Waals surface area contributed by atoms with E-state index in [1.165, 1.54) is 30.7 Å². The minimum atomic E-state index is -4.43. The van der Waals surface area contributed by atoms with Crippen LogP contribution in [0.1, 0.15) is 96.0 Å². The fraction of sp³-hybridized carbons (Fsp3) is 0.564. The van der Waals surface area contributed by atoms with Gasteiger partial charge < -0.3 is 26.6 Å². The van der Waals surface area contributed by atoms with E-state index in [4.69, 9.17) is 11.6 Å². The van der Waals surface area contributed by atoms with Gasteiger partial charge in [-0.1, -0.05) is 83.9 Å². The molecule has 1 fully saturated rings. The van der Waals surface area contributed by atoms with Gasteiger partial charge in [0.05, 0.1) is 17.6 Å². The maximum atomic E-state index is 14.0. The van der Waals surface area contributed by atoms with Crippen LogP contribution in [0.15, 0.2) is 47.8 Å². The van der Waals surface area contributed by atoms with Crippen LogP contribution in [0.25, 0.3) is 0 Å². The number of carbonyl (C=O) groups excluding carboxylic acids is 7. The summed E-state index contributed by atoms with van der Waals surface area (Å²) < 4.78 is 54.4. The Labute approximate surface area is 352 Å². The lowest BCUT2D eigenvalue weighted by Crippen LogP contribution is -2.60. The average Bonchev–Trinajstić information content (AvgIpc) is 3.20. The van der Waals surface area contributed by atoms with Crippen molar-refractivity contribution in [1.82, 2.24) is 41.3 Å². The van der Waals surface area contributed by atoms with Crippen molar-refractivity contribution < 1.29 is 50.8 Å². The minimum Gasteiger partial charge on any atom is -0.344 e. The summed E-state index contributed by atoms with van der Waals surface area (Å²) in [5.41, 5.74) is -0.0289. The van der Waals surface area contributed by atoms with Crippen LogP contribution < -0.4 is 31.3 Å². The Morgan fingerprint density at radius 3 is 2.12 bits per heavy atom. The summed E-state index contributed by atoms with van der Waals surface area (Å²) in [4.78, 5) is 100. The van der Waals surface area contributed by atoms with Crippen molar-refractivity contribution in [3.05, 3.63) is 53.6 Å². The number of rotatable bonds is 22. The van der Waals surface area contributed by atoms with Crippen molar-refractivity contribution >= 4 is 62.9 Å². The van der Waals surface area contributed by atoms with Gasteiger partial charge in [0.2, 0.25) is 29.9 Å². The molecule has 1 aliphatic carbocycles. The fourth-order valence-corrected chi connectivity index (χ4v) is 7.81. The van der Waals surface area contributed by atoms with Crippen LogP contribution >= 0.6 is 11.6 Å². The highest BCUT2D eigenvalue weighted by Gasteiger charge is 2.37. The normalized spacial score (nSPS) is 15.8. The van der Waals surface area contributed by atoms with E-state index in [-0.39, 0.29) is 40.3 Å². The molecular formula is C39H53ClF2N8O9S. The molecular weight excluding hydrogens is 830 g/mol. The number of nitrogens with zero attached hydrogens (tertiary/aromatic N) is 2. The van der Waals surface area contributed by atoms with Crippen LogP contribution in [0.3, 0.4) is 0 Å². The van der Waals surface area contributed by atoms with Gasteiger partial charge in [-0.05, 0) is 48.8 Å². The maximum Gasteiger partial charge on any atom is 0.290 e. The zero-order valence-electron chi connectivity index (χ0n) is 33.8. The Hall–Kier alpha value is -5.11. The largest absolute Gasteiger partial charge is 0.344 e. The third-order valence-electron chi connectivity index (χ3n) is 9.88. The number of halogens is 3. The molecule has 0 spiro atoms. The molecule has 1 aromatic heterocycles. The molecule has 0 radical (unpaired) electrons. The molecule has 2 aromatic rings. The zero-order valence-corrected chi connectivity index (χ0v) is 35.4. The quantitative estimate of drug-likeness (QED) is 0.0938. The molecule has 17 nitrogen and oxygen atoms in total. The minimum absolute atomic E-state index is 0.0289. The smallest absolute Gasteiger partial charge is 0.290 e. The monoisotopic (exact) mass is 882 g/mol. The first kappa shape index (κ1) is 49.3. The summed E-state index contributed by atoms with van der Waals surface area (Å²) in [6.07, 6.45) is 4.11. The van der Waals surface area contributed by atoms with Gasteiger partial charge in [-0.15, -0.1) is 0 Å². The molecule has 0 bridgehead atoms. The van der Waals surface area contributed by atoms with E-state index in [2.05, 4.69) is 31.2 Å². The summed E-state index contributed by atoms with van der Waals surface area (Å²) in [7, 11) is -4.43. The number of hydrogen-bond acceptors (Lipinski definition) is 11. The molecule has 1 aliphatic rings. The van der Waals surface area contributed by atoms with E-state index in [1.54, 1.807) is 18.6 Å². The molecule has 60 heavy (non-hydrogen) atoms. The van der Waals surface area contributed by atoms with Crippen LogP contribution in [-0.2, 0) is 38.8 Å². The predicted molar refractivity (Wildman–Crippen MR) is 215 cm³/mol. The SMILES string of the molecule is CC[C@H](C)[C@H](NC(=O)[C@H](CC(C)C)NC(=O)c1cnccn1)C(=O)N[C@@H](CC1CCCCC1)C(=O)N[C@@H](CC(F)F)C(=O)C(=O)NCC(=O)NS(=O)(=O)c1cccc(Cl)c1. The number of ketones is 1. The van der Waals surface area contributed by atoms with Crippen molar-refractivity contribution in [2.45, 2.75) is 121 Å². The Morgan fingerprint density at radius 2 is 1.52 bits per heavy atom. The molecule has 330 valence electrons. The number of nitrogens with one attached hydrogen (secondary N) is 6. The van der Waals surface area contributed by atoms with E-state index in [9.17, 15) is 50.8 Å². The summed E-state index contributed by atoms with van der Waals surface area (Å²) in [6, 6.07) is -0.890. The number of sulfonamides is 1. The van der Waals surface area contributed by atoms with Crippen LogP contribution in [0, 0.1) is 17.8 Å². The second kappa shape index (κ2) is 23.6. The van der Waals surface area contributed by atoms with Gasteiger partial charge in [0.15, 0.2) is 0 Å². The molecule has 21 heteroatoms. The molecule has 1 heterocycles. The van der Waals surface area contributed by atoms with Gasteiger partial charge in [0.25, 0.3) is 27.7 Å². The van der Waals surface area contributed by atoms with Crippen molar-refractivity contribution in [2.75, 3.05) is 6.54 Å². The first-order valence-corrected chi connectivity index (χ1v) is 21.6. The average molecular weight is 883 g/mol. The van der Waals surface area contributed by atoms with Crippen molar-refractivity contribution in [3.63, 3.8) is 0 Å². The highest BCUT2D eigenvalue weighted by Crippen LogP contribution is 2.28. The molecule has 6 amide bonds. The second-order valence-corrected chi connectivity index (χ2v) is 17.3. The highest BCUT2D eigenvalue weighted by molar-refractivity contribution is 7.90. The number of aromatic nitrogens is 2. The van der Waals surface area contributed by atoms with Crippen LogP contribution in [0.5, 0.6) is 0 Å². The predicted octanol–water partition coefficient (Wildman–Crippen LogP) is 2.59. The second-order valence-electron chi connectivity index (χ2n) is 15.1. The maximum absolute atomic E-state index is 14.0. The van der Waals surface area contributed by atoms with E-state index < -0.39 is 101 Å². The standard InChI is InChI=1S/C39H53ClF2N8O9S/c1-5-23(4)33(49-36(54)28(16-22(2)3)47-37(55)30-20-43-14-15-44-30)38(56)48-29(17-24-10-7-6-8-11-24)35(53)46-27(19-31(41)42)34(52)39(57)45-21-32(51)50-60(58,59)26-13-9-12-25(40)18-26/h9,12-15,18,20,22-24,27-29,31,33H,5-8,10-11,16-17,19,21H2,1-4H3,(H,45,57)(H,46,53)(H,47,55)(H,48,56)(H,49,54)(H,50,51)/t23-,27-,28-,29-,33-/m0/s1. The number of benzene rings is 1. The number of alkyl halides is 2. The van der Waals surface area contributed by atoms with E-state index >= 15 is 0 Å². The summed E-state index contributed by atoms with van der Waals surface area (Å²) >= 11 is 5.82. The van der Waals surface area contributed by atoms with Crippen molar-refractivity contribution in [3.8, 4) is 0 Å². The van der Waals surface area contributed by atoms with Gasteiger partial charge in [-0.2, -0.15) is 0 Å². The fourth-order valence-electron chi connectivity index (χ4n) is 6.52. The topological polar surface area (TPSA) is 252 Å². The molecule has 5 atom stereocenters. The third kappa shape index (κ3) is 15.8. The third-order valence-corrected chi connectivity index (χ3v) is 11.5. The molecule has 0 unspecified atom stereocenters. The molecule has 1 saturated carbocycles. The van der Waals surface area contributed by atoms with Gasteiger partial charge >= 0.3 is 0 Å². The van der Waals surface area contributed by atoms with Crippen LogP contribution in [-0.4, -0.2) is 96.7 Å². The van der Waals surface area contributed by atoms with Crippen molar-refractivity contribution in [2.24, 2.45) is 17.8 Å². The van der Waals surface area contributed by atoms with Crippen molar-refractivity contribution in [1.29, 1.82) is 0 Å². The Balaban J connectivity index is 1.78. The molecule has 6 N–H and O–H groups in total. The molecule has 3 rings (SSSR count). The van der Waals surface area contributed by atoms with Gasteiger partial charge in [-0.25, -0.2) is 26.9 Å².